The molecule has 3 aromatic rings. The van der Waals surface area contributed by atoms with Gasteiger partial charge in [0.15, 0.2) is 0 Å². The van der Waals surface area contributed by atoms with Crippen LogP contribution in [0.3, 0.4) is 0 Å². The number of carbonyl (C=O) groups excluding carboxylic acids is 1. The Morgan fingerprint density at radius 1 is 1.14 bits per heavy atom. The molecule has 0 unspecified atom stereocenters. The van der Waals surface area contributed by atoms with E-state index in [1.807, 2.05) is 56.4 Å². The summed E-state index contributed by atoms with van der Waals surface area (Å²) in [6.07, 6.45) is 2.76. The van der Waals surface area contributed by atoms with E-state index in [4.69, 9.17) is 11.6 Å². The molecule has 1 aromatic heterocycles. The Hall–Kier alpha value is -2.79. The molecule has 0 fully saturated rings. The summed E-state index contributed by atoms with van der Waals surface area (Å²) in [6, 6.07) is 17.5. The number of carbonyl (C=O) groups is 1. The van der Waals surface area contributed by atoms with Gasteiger partial charge < -0.3 is 14.8 Å². The molecule has 152 valence electrons. The van der Waals surface area contributed by atoms with Crippen LogP contribution in [0, 0.1) is 5.82 Å². The highest BCUT2D eigenvalue weighted by Crippen LogP contribution is 2.20. The minimum atomic E-state index is -0.452. The molecule has 1 atom stereocenters. The van der Waals surface area contributed by atoms with E-state index < -0.39 is 5.82 Å². The van der Waals surface area contributed by atoms with Crippen LogP contribution in [0.25, 0.3) is 0 Å². The molecule has 0 aliphatic carbocycles. The Balaban J connectivity index is 1.79. The van der Waals surface area contributed by atoms with E-state index in [2.05, 4.69) is 9.88 Å². The topological polar surface area (TPSA) is 37.3 Å². The van der Waals surface area contributed by atoms with Crippen molar-refractivity contribution in [2.45, 2.75) is 39.4 Å². The largest absolute Gasteiger partial charge is 0.345 e. The molecule has 2 amide bonds. The third-order valence-corrected chi connectivity index (χ3v) is 5.42. The van der Waals surface area contributed by atoms with E-state index in [0.717, 1.165) is 17.7 Å². The molecular weight excluding hydrogens is 389 g/mol. The van der Waals surface area contributed by atoms with Gasteiger partial charge in [0.25, 0.3) is 0 Å². The Kier molecular flexibility index (Phi) is 6.94. The molecule has 1 heterocycles. The standard InChI is InChI=1S/C23H25ClFN3O/c1-3-17(2)28(23(29)26-22-13-7-6-12-21(22)25)16-19-10-8-14-27(19)15-18-9-4-5-11-20(18)24/h4-14,17H,3,15-16H2,1-2H3,(H,26,29)/t17-/m1/s1. The molecule has 0 saturated heterocycles. The van der Waals surface area contributed by atoms with Gasteiger partial charge >= 0.3 is 6.03 Å². The van der Waals surface area contributed by atoms with Crippen LogP contribution in [0.1, 0.15) is 31.5 Å². The summed E-state index contributed by atoms with van der Waals surface area (Å²) in [5, 5.41) is 3.41. The minimum absolute atomic E-state index is 0.00885. The Bertz CT molecular complexity index is 972. The van der Waals surface area contributed by atoms with Crippen LogP contribution < -0.4 is 5.32 Å². The number of halogens is 2. The lowest BCUT2D eigenvalue weighted by Crippen LogP contribution is -2.41. The predicted octanol–water partition coefficient (Wildman–Crippen LogP) is 6.16. The van der Waals surface area contributed by atoms with Crippen LogP contribution in [-0.2, 0) is 13.1 Å². The van der Waals surface area contributed by atoms with Crippen molar-refractivity contribution in [2.75, 3.05) is 5.32 Å². The van der Waals surface area contributed by atoms with Gasteiger partial charge in [-0.1, -0.05) is 48.9 Å². The number of nitrogens with one attached hydrogen (secondary N) is 1. The second-order valence-corrected chi connectivity index (χ2v) is 7.42. The summed E-state index contributed by atoms with van der Waals surface area (Å²) in [6.45, 7) is 5.04. The lowest BCUT2D eigenvalue weighted by molar-refractivity contribution is 0.185. The monoisotopic (exact) mass is 413 g/mol. The molecule has 0 radical (unpaired) electrons. The fraction of sp³-hybridized carbons (Fsp3) is 0.261. The first kappa shape index (κ1) is 20.9. The summed E-state index contributed by atoms with van der Waals surface area (Å²) in [5.41, 5.74) is 2.17. The molecule has 29 heavy (non-hydrogen) atoms. The molecule has 0 spiro atoms. The van der Waals surface area contributed by atoms with Crippen LogP contribution in [-0.4, -0.2) is 21.5 Å². The maximum Gasteiger partial charge on any atom is 0.322 e. The number of rotatable bonds is 7. The highest BCUT2D eigenvalue weighted by atomic mass is 35.5. The molecular formula is C23H25ClFN3O. The number of urea groups is 1. The average molecular weight is 414 g/mol. The number of benzene rings is 2. The third-order valence-electron chi connectivity index (χ3n) is 5.05. The second kappa shape index (κ2) is 9.61. The predicted molar refractivity (Wildman–Crippen MR) is 116 cm³/mol. The van der Waals surface area contributed by atoms with E-state index in [1.165, 1.54) is 6.07 Å². The average Bonchev–Trinajstić information content (AvgIpc) is 3.15. The zero-order chi connectivity index (χ0) is 20.8. The Morgan fingerprint density at radius 2 is 1.86 bits per heavy atom. The summed E-state index contributed by atoms with van der Waals surface area (Å²) in [7, 11) is 0. The zero-order valence-electron chi connectivity index (χ0n) is 16.6. The van der Waals surface area contributed by atoms with Gasteiger partial charge in [0, 0.05) is 29.5 Å². The normalized spacial score (nSPS) is 11.9. The molecule has 0 bridgehead atoms. The van der Waals surface area contributed by atoms with Crippen LogP contribution in [0.2, 0.25) is 5.02 Å². The van der Waals surface area contributed by atoms with Gasteiger partial charge in [-0.2, -0.15) is 0 Å². The smallest absolute Gasteiger partial charge is 0.322 e. The molecule has 3 rings (SSSR count). The number of nitrogens with zero attached hydrogens (tertiary/aromatic N) is 2. The van der Waals surface area contributed by atoms with Crippen molar-refractivity contribution in [3.8, 4) is 0 Å². The van der Waals surface area contributed by atoms with E-state index >= 15 is 0 Å². The highest BCUT2D eigenvalue weighted by molar-refractivity contribution is 6.31. The number of hydrogen-bond acceptors (Lipinski definition) is 1. The van der Waals surface area contributed by atoms with Crippen molar-refractivity contribution in [1.82, 2.24) is 9.47 Å². The molecule has 0 aliphatic rings. The van der Waals surface area contributed by atoms with Crippen molar-refractivity contribution >= 4 is 23.3 Å². The first-order valence-electron chi connectivity index (χ1n) is 9.69. The van der Waals surface area contributed by atoms with E-state index in [-0.39, 0.29) is 17.8 Å². The fourth-order valence-corrected chi connectivity index (χ4v) is 3.33. The SMILES string of the molecule is CC[C@@H](C)N(Cc1cccn1Cc1ccccc1Cl)C(=O)Nc1ccccc1F. The van der Waals surface area contributed by atoms with Gasteiger partial charge in [-0.25, -0.2) is 9.18 Å². The van der Waals surface area contributed by atoms with Crippen LogP contribution in [0.5, 0.6) is 0 Å². The number of aromatic nitrogens is 1. The van der Waals surface area contributed by atoms with E-state index in [1.54, 1.807) is 23.1 Å². The summed E-state index contributed by atoms with van der Waals surface area (Å²) < 4.78 is 16.0. The van der Waals surface area contributed by atoms with Crippen molar-refractivity contribution < 1.29 is 9.18 Å². The number of amides is 2. The summed E-state index contributed by atoms with van der Waals surface area (Å²) in [4.78, 5) is 14.7. The lowest BCUT2D eigenvalue weighted by Gasteiger charge is -2.29. The molecule has 2 aromatic carbocycles. The van der Waals surface area contributed by atoms with Crippen molar-refractivity contribution in [2.24, 2.45) is 0 Å². The molecule has 0 saturated carbocycles. The molecule has 6 heteroatoms. The van der Waals surface area contributed by atoms with Crippen molar-refractivity contribution in [3.63, 3.8) is 0 Å². The lowest BCUT2D eigenvalue weighted by atomic mass is 10.2. The van der Waals surface area contributed by atoms with Crippen LogP contribution >= 0.6 is 11.6 Å². The molecule has 4 nitrogen and oxygen atoms in total. The summed E-state index contributed by atoms with van der Waals surface area (Å²) in [5.74, 6) is -0.452. The van der Waals surface area contributed by atoms with E-state index in [9.17, 15) is 9.18 Å². The highest BCUT2D eigenvalue weighted by Gasteiger charge is 2.21. The van der Waals surface area contributed by atoms with Gasteiger partial charge in [-0.3, -0.25) is 0 Å². The van der Waals surface area contributed by atoms with Crippen LogP contribution in [0.4, 0.5) is 14.9 Å². The number of hydrogen-bond donors (Lipinski definition) is 1. The first-order chi connectivity index (χ1) is 14.0. The van der Waals surface area contributed by atoms with Gasteiger partial charge in [0.1, 0.15) is 5.82 Å². The van der Waals surface area contributed by atoms with Gasteiger partial charge in [0.2, 0.25) is 0 Å². The molecule has 0 aliphatic heterocycles. The zero-order valence-corrected chi connectivity index (χ0v) is 17.4. The Morgan fingerprint density at radius 3 is 2.59 bits per heavy atom. The first-order valence-corrected chi connectivity index (χ1v) is 10.1. The van der Waals surface area contributed by atoms with Gasteiger partial charge in [-0.15, -0.1) is 0 Å². The minimum Gasteiger partial charge on any atom is -0.345 e. The van der Waals surface area contributed by atoms with Crippen LogP contribution in [0.15, 0.2) is 66.9 Å². The number of para-hydroxylation sites is 1. The second-order valence-electron chi connectivity index (χ2n) is 7.01. The number of anilines is 1. The fourth-order valence-electron chi connectivity index (χ4n) is 3.13. The van der Waals surface area contributed by atoms with E-state index in [0.29, 0.717) is 18.1 Å². The third kappa shape index (κ3) is 5.18. The Labute approximate surface area is 175 Å². The van der Waals surface area contributed by atoms with Crippen molar-refractivity contribution in [1.29, 1.82) is 0 Å². The molecule has 1 N–H and O–H groups in total. The van der Waals surface area contributed by atoms with Gasteiger partial charge in [0.05, 0.1) is 12.2 Å². The maximum atomic E-state index is 14.0. The summed E-state index contributed by atoms with van der Waals surface area (Å²) >= 11 is 6.30. The van der Waals surface area contributed by atoms with Gasteiger partial charge in [-0.05, 0) is 49.2 Å². The maximum absolute atomic E-state index is 14.0. The van der Waals surface area contributed by atoms with Crippen molar-refractivity contribution in [3.05, 3.63) is 89.0 Å². The quantitative estimate of drug-likeness (QED) is 0.494.